The quantitative estimate of drug-likeness (QED) is 0.368. The Hall–Kier alpha value is -2.68. The van der Waals surface area contributed by atoms with Gasteiger partial charge in [0.15, 0.2) is 5.78 Å². The van der Waals surface area contributed by atoms with Crippen LogP contribution in [0.1, 0.15) is 80.4 Å². The van der Waals surface area contributed by atoms with Gasteiger partial charge in [0.2, 0.25) is 0 Å². The standard InChI is InChI=1S/C28H33NO2/c1-3-5-16-28(17-6-4-2)18-15-21-12-14-24(19-25(21)27(28)30)31-20-23-13-11-22-9-7-8-10-26(22)29-23/h7-14,19H,3-6,15-18,20H2,1-2H3. The van der Waals surface area contributed by atoms with Crippen LogP contribution in [0.4, 0.5) is 0 Å². The molecule has 0 saturated heterocycles. The van der Waals surface area contributed by atoms with E-state index in [9.17, 15) is 4.79 Å². The minimum Gasteiger partial charge on any atom is -0.487 e. The molecule has 0 bridgehead atoms. The number of carbonyl (C=O) groups excluding carboxylic acids is 1. The van der Waals surface area contributed by atoms with Gasteiger partial charge in [0.25, 0.3) is 0 Å². The highest BCUT2D eigenvalue weighted by Crippen LogP contribution is 2.44. The van der Waals surface area contributed by atoms with E-state index in [0.717, 1.165) is 79.3 Å². The number of hydrogen-bond acceptors (Lipinski definition) is 3. The molecule has 4 rings (SSSR count). The molecule has 0 aliphatic heterocycles. The smallest absolute Gasteiger partial charge is 0.169 e. The van der Waals surface area contributed by atoms with Crippen molar-refractivity contribution in [3.8, 4) is 5.75 Å². The Bertz CT molecular complexity index is 1050. The molecule has 162 valence electrons. The second-order valence-electron chi connectivity index (χ2n) is 8.92. The summed E-state index contributed by atoms with van der Waals surface area (Å²) < 4.78 is 6.07. The minimum absolute atomic E-state index is 0.183. The van der Waals surface area contributed by atoms with Crippen LogP contribution in [0.2, 0.25) is 0 Å². The van der Waals surface area contributed by atoms with Crippen LogP contribution < -0.4 is 4.74 Å². The fraction of sp³-hybridized carbons (Fsp3) is 0.429. The molecule has 0 amide bonds. The van der Waals surface area contributed by atoms with Gasteiger partial charge in [0, 0.05) is 16.4 Å². The highest BCUT2D eigenvalue weighted by atomic mass is 16.5. The Morgan fingerprint density at radius 2 is 1.74 bits per heavy atom. The number of nitrogens with zero attached hydrogens (tertiary/aromatic N) is 1. The van der Waals surface area contributed by atoms with E-state index >= 15 is 0 Å². The van der Waals surface area contributed by atoms with E-state index in [4.69, 9.17) is 9.72 Å². The minimum atomic E-state index is -0.183. The maximum Gasteiger partial charge on any atom is 0.169 e. The van der Waals surface area contributed by atoms with Gasteiger partial charge in [-0.3, -0.25) is 4.79 Å². The number of Topliss-reactive ketones (excluding diaryl/α,β-unsaturated/α-hetero) is 1. The maximum absolute atomic E-state index is 13.7. The predicted octanol–water partition coefficient (Wildman–Crippen LogP) is 7.31. The van der Waals surface area contributed by atoms with Crippen molar-refractivity contribution in [1.29, 1.82) is 0 Å². The Kier molecular flexibility index (Phi) is 6.70. The van der Waals surface area contributed by atoms with Crippen LogP contribution in [0.15, 0.2) is 54.6 Å². The molecule has 1 aromatic heterocycles. The summed E-state index contributed by atoms with van der Waals surface area (Å²) in [6, 6.07) is 18.2. The molecule has 3 nitrogen and oxygen atoms in total. The molecule has 0 spiro atoms. The van der Waals surface area contributed by atoms with Gasteiger partial charge in [-0.25, -0.2) is 4.98 Å². The average molecular weight is 416 g/mol. The SMILES string of the molecule is CCCCC1(CCCC)CCc2ccc(OCc3ccc4ccccc4n3)cc2C1=O. The van der Waals surface area contributed by atoms with Crippen molar-refractivity contribution in [3.05, 3.63) is 71.4 Å². The number of aromatic nitrogens is 1. The summed E-state index contributed by atoms with van der Waals surface area (Å²) in [6.07, 6.45) is 8.50. The summed E-state index contributed by atoms with van der Waals surface area (Å²) in [5.74, 6) is 1.09. The van der Waals surface area contributed by atoms with E-state index in [2.05, 4.69) is 32.0 Å². The number of carbonyl (C=O) groups is 1. The second-order valence-corrected chi connectivity index (χ2v) is 8.92. The van der Waals surface area contributed by atoms with Gasteiger partial charge in [0.1, 0.15) is 12.4 Å². The zero-order valence-electron chi connectivity index (χ0n) is 18.8. The van der Waals surface area contributed by atoms with Gasteiger partial charge in [0.05, 0.1) is 11.2 Å². The zero-order chi connectivity index (χ0) is 21.7. The summed E-state index contributed by atoms with van der Waals surface area (Å²) >= 11 is 0. The van der Waals surface area contributed by atoms with Crippen molar-refractivity contribution in [2.45, 2.75) is 71.8 Å². The van der Waals surface area contributed by atoms with E-state index in [1.165, 1.54) is 5.56 Å². The first-order valence-electron chi connectivity index (χ1n) is 11.8. The lowest BCUT2D eigenvalue weighted by Crippen LogP contribution is -2.36. The maximum atomic E-state index is 13.7. The van der Waals surface area contributed by atoms with Gasteiger partial charge in [-0.15, -0.1) is 0 Å². The molecule has 2 aromatic carbocycles. The summed E-state index contributed by atoms with van der Waals surface area (Å²) in [5, 5.41) is 1.13. The Morgan fingerprint density at radius 3 is 2.52 bits per heavy atom. The van der Waals surface area contributed by atoms with Crippen molar-refractivity contribution < 1.29 is 9.53 Å². The van der Waals surface area contributed by atoms with Gasteiger partial charge >= 0.3 is 0 Å². The number of fused-ring (bicyclic) bond motifs is 2. The zero-order valence-corrected chi connectivity index (χ0v) is 18.8. The third-order valence-electron chi connectivity index (χ3n) is 6.74. The van der Waals surface area contributed by atoms with E-state index < -0.39 is 0 Å². The third-order valence-corrected chi connectivity index (χ3v) is 6.74. The van der Waals surface area contributed by atoms with Crippen LogP contribution in [0.5, 0.6) is 5.75 Å². The molecule has 0 unspecified atom stereocenters. The fourth-order valence-electron chi connectivity index (χ4n) is 4.83. The van der Waals surface area contributed by atoms with Crippen LogP contribution in [0, 0.1) is 5.41 Å². The number of aryl methyl sites for hydroxylation is 1. The molecule has 0 saturated carbocycles. The van der Waals surface area contributed by atoms with Gasteiger partial charge in [-0.1, -0.05) is 69.9 Å². The van der Waals surface area contributed by atoms with Crippen molar-refractivity contribution in [1.82, 2.24) is 4.98 Å². The molecule has 31 heavy (non-hydrogen) atoms. The van der Waals surface area contributed by atoms with Crippen LogP contribution >= 0.6 is 0 Å². The Balaban J connectivity index is 1.53. The van der Waals surface area contributed by atoms with Crippen LogP contribution in [-0.4, -0.2) is 10.8 Å². The average Bonchev–Trinajstić information content (AvgIpc) is 2.82. The molecular formula is C28H33NO2. The van der Waals surface area contributed by atoms with Crippen molar-refractivity contribution in [2.75, 3.05) is 0 Å². The highest BCUT2D eigenvalue weighted by Gasteiger charge is 2.41. The molecule has 1 aliphatic carbocycles. The Labute approximate surface area is 185 Å². The third kappa shape index (κ3) is 4.66. The van der Waals surface area contributed by atoms with Crippen molar-refractivity contribution in [2.24, 2.45) is 5.41 Å². The molecule has 1 heterocycles. The van der Waals surface area contributed by atoms with E-state index in [1.807, 2.05) is 36.4 Å². The first kappa shape index (κ1) is 21.5. The number of pyridine rings is 1. The lowest BCUT2D eigenvalue weighted by atomic mass is 9.65. The molecule has 1 aliphatic rings. The largest absolute Gasteiger partial charge is 0.487 e. The summed E-state index contributed by atoms with van der Waals surface area (Å²) in [6.45, 7) is 4.82. The number of unbranched alkanes of at least 4 members (excludes halogenated alkanes) is 2. The molecule has 3 heteroatoms. The van der Waals surface area contributed by atoms with Gasteiger partial charge in [-0.05, 0) is 55.5 Å². The number of rotatable bonds is 9. The van der Waals surface area contributed by atoms with E-state index in [-0.39, 0.29) is 5.41 Å². The lowest BCUT2D eigenvalue weighted by molar-refractivity contribution is 0.0707. The van der Waals surface area contributed by atoms with Crippen LogP contribution in [-0.2, 0) is 13.0 Å². The first-order valence-corrected chi connectivity index (χ1v) is 11.8. The molecular weight excluding hydrogens is 382 g/mol. The van der Waals surface area contributed by atoms with Crippen LogP contribution in [0.25, 0.3) is 10.9 Å². The van der Waals surface area contributed by atoms with E-state index in [1.54, 1.807) is 0 Å². The number of ketones is 1. The van der Waals surface area contributed by atoms with Gasteiger partial charge in [-0.2, -0.15) is 0 Å². The second kappa shape index (κ2) is 9.64. The molecule has 0 N–H and O–H groups in total. The highest BCUT2D eigenvalue weighted by molar-refractivity contribution is 6.03. The molecule has 0 fully saturated rings. The predicted molar refractivity (Wildman–Crippen MR) is 127 cm³/mol. The fourth-order valence-corrected chi connectivity index (χ4v) is 4.83. The van der Waals surface area contributed by atoms with Crippen LogP contribution in [0.3, 0.4) is 0 Å². The first-order chi connectivity index (χ1) is 15.1. The normalized spacial score (nSPS) is 15.1. The summed E-state index contributed by atoms with van der Waals surface area (Å²) in [5.41, 5.74) is 3.73. The summed E-state index contributed by atoms with van der Waals surface area (Å²) in [7, 11) is 0. The molecule has 0 atom stereocenters. The summed E-state index contributed by atoms with van der Waals surface area (Å²) in [4.78, 5) is 18.3. The van der Waals surface area contributed by atoms with Gasteiger partial charge < -0.3 is 4.74 Å². The lowest BCUT2D eigenvalue weighted by Gasteiger charge is -2.37. The number of ether oxygens (including phenoxy) is 1. The molecule has 3 aromatic rings. The monoisotopic (exact) mass is 415 g/mol. The number of para-hydroxylation sites is 1. The van der Waals surface area contributed by atoms with Crippen molar-refractivity contribution in [3.63, 3.8) is 0 Å². The Morgan fingerprint density at radius 1 is 0.968 bits per heavy atom. The number of benzene rings is 2. The number of hydrogen-bond donors (Lipinski definition) is 0. The topological polar surface area (TPSA) is 39.2 Å². The van der Waals surface area contributed by atoms with Crippen molar-refractivity contribution >= 4 is 16.7 Å². The van der Waals surface area contributed by atoms with E-state index in [0.29, 0.717) is 12.4 Å². The molecule has 0 radical (unpaired) electrons.